The lowest BCUT2D eigenvalue weighted by molar-refractivity contribution is 0.143. The van der Waals surface area contributed by atoms with E-state index in [0.717, 1.165) is 13.2 Å². The van der Waals surface area contributed by atoms with E-state index in [0.29, 0.717) is 5.41 Å². The average molecular weight is 355 g/mol. The van der Waals surface area contributed by atoms with Gasteiger partial charge in [-0.25, -0.2) is 0 Å². The summed E-state index contributed by atoms with van der Waals surface area (Å²) in [5.74, 6) is 0. The fraction of sp³-hybridized carbons (Fsp3) is 1.00. The van der Waals surface area contributed by atoms with E-state index in [-0.39, 0.29) is 0 Å². The van der Waals surface area contributed by atoms with Crippen molar-refractivity contribution in [3.8, 4) is 0 Å². The van der Waals surface area contributed by atoms with Gasteiger partial charge in [0.05, 0.1) is 0 Å². The highest BCUT2D eigenvalue weighted by Crippen LogP contribution is 2.29. The second kappa shape index (κ2) is 18.7. The Labute approximate surface area is 160 Å². The predicted octanol–water partition coefficient (Wildman–Crippen LogP) is 8.70. The molecule has 25 heavy (non-hydrogen) atoms. The molecule has 0 heterocycles. The van der Waals surface area contributed by atoms with Gasteiger partial charge in [0, 0.05) is 13.2 Å². The minimum absolute atomic E-state index is 0.581. The van der Waals surface area contributed by atoms with Gasteiger partial charge in [-0.1, -0.05) is 111 Å². The lowest BCUT2D eigenvalue weighted by Crippen LogP contribution is -2.10. The quantitative estimate of drug-likeness (QED) is 0.199. The van der Waals surface area contributed by atoms with Gasteiger partial charge in [-0.05, 0) is 31.6 Å². The molecule has 0 rings (SSSR count). The van der Waals surface area contributed by atoms with E-state index in [9.17, 15) is 0 Å². The minimum Gasteiger partial charge on any atom is -0.382 e. The topological polar surface area (TPSA) is 9.23 Å². The number of ether oxygens (including phenoxy) is 1. The highest BCUT2D eigenvalue weighted by Gasteiger charge is 2.15. The molecule has 0 N–H and O–H groups in total. The summed E-state index contributed by atoms with van der Waals surface area (Å²) in [4.78, 5) is 0. The molecule has 0 atom stereocenters. The summed E-state index contributed by atoms with van der Waals surface area (Å²) in [5, 5.41) is 0. The van der Waals surface area contributed by atoms with E-state index in [4.69, 9.17) is 4.74 Å². The van der Waals surface area contributed by atoms with E-state index in [2.05, 4.69) is 27.7 Å². The monoisotopic (exact) mass is 354 g/mol. The fourth-order valence-electron chi connectivity index (χ4n) is 3.88. The maximum absolute atomic E-state index is 5.37. The van der Waals surface area contributed by atoms with Gasteiger partial charge < -0.3 is 4.74 Å². The first-order chi connectivity index (χ1) is 12.1. The molecule has 0 radical (unpaired) electrons. The van der Waals surface area contributed by atoms with Crippen LogP contribution in [-0.2, 0) is 4.74 Å². The second-order valence-corrected chi connectivity index (χ2v) is 8.81. The zero-order valence-electron chi connectivity index (χ0n) is 18.3. The highest BCUT2D eigenvalue weighted by atomic mass is 16.5. The van der Waals surface area contributed by atoms with Crippen LogP contribution in [0.15, 0.2) is 0 Å². The zero-order valence-corrected chi connectivity index (χ0v) is 18.3. The van der Waals surface area contributed by atoms with E-state index < -0.39 is 0 Å². The summed E-state index contributed by atoms with van der Waals surface area (Å²) in [6.45, 7) is 11.1. The van der Waals surface area contributed by atoms with Crippen LogP contribution >= 0.6 is 0 Å². The Bertz CT molecular complexity index is 246. The van der Waals surface area contributed by atoms with Crippen LogP contribution in [0.2, 0.25) is 0 Å². The standard InChI is InChI=1S/C24H50O/c1-5-21-24(3,4)22-19-17-15-13-11-9-7-8-10-12-14-16-18-20-23-25-6-2/h5-23H2,1-4H3. The Morgan fingerprint density at radius 1 is 0.520 bits per heavy atom. The normalized spacial score (nSPS) is 12.0. The Kier molecular flexibility index (Phi) is 18.7. The van der Waals surface area contributed by atoms with E-state index in [1.807, 2.05) is 0 Å². The van der Waals surface area contributed by atoms with Crippen molar-refractivity contribution >= 4 is 0 Å². The molecule has 0 aliphatic carbocycles. The van der Waals surface area contributed by atoms with E-state index in [1.165, 1.54) is 109 Å². The van der Waals surface area contributed by atoms with Crippen LogP contribution in [-0.4, -0.2) is 13.2 Å². The molecule has 152 valence electrons. The van der Waals surface area contributed by atoms with Crippen LogP contribution in [0.4, 0.5) is 0 Å². The van der Waals surface area contributed by atoms with Crippen LogP contribution in [0.1, 0.15) is 137 Å². The van der Waals surface area contributed by atoms with Crippen molar-refractivity contribution in [2.24, 2.45) is 5.41 Å². The Morgan fingerprint density at radius 2 is 0.920 bits per heavy atom. The molecule has 0 bridgehead atoms. The molecule has 0 amide bonds. The van der Waals surface area contributed by atoms with Crippen LogP contribution in [0, 0.1) is 5.41 Å². The largest absolute Gasteiger partial charge is 0.382 e. The third-order valence-electron chi connectivity index (χ3n) is 5.52. The molecule has 1 nitrogen and oxygen atoms in total. The van der Waals surface area contributed by atoms with Crippen molar-refractivity contribution in [1.29, 1.82) is 0 Å². The molecule has 0 aromatic heterocycles. The number of hydrogen-bond acceptors (Lipinski definition) is 1. The molecule has 1 heteroatoms. The summed E-state index contributed by atoms with van der Waals surface area (Å²) in [6, 6.07) is 0. The van der Waals surface area contributed by atoms with Gasteiger partial charge in [0.1, 0.15) is 0 Å². The molecule has 0 spiro atoms. The van der Waals surface area contributed by atoms with Crippen molar-refractivity contribution in [2.45, 2.75) is 137 Å². The van der Waals surface area contributed by atoms with Crippen LogP contribution in [0.5, 0.6) is 0 Å². The van der Waals surface area contributed by atoms with Crippen molar-refractivity contribution in [3.63, 3.8) is 0 Å². The minimum atomic E-state index is 0.581. The Balaban J connectivity index is 3.10. The maximum atomic E-state index is 5.37. The van der Waals surface area contributed by atoms with Crippen LogP contribution < -0.4 is 0 Å². The number of unbranched alkanes of at least 4 members (excludes halogenated alkanes) is 13. The second-order valence-electron chi connectivity index (χ2n) is 8.81. The van der Waals surface area contributed by atoms with Gasteiger partial charge in [0.25, 0.3) is 0 Å². The SMILES string of the molecule is CCCC(C)(C)CCCCCCCCCCCCCCCCOCC. The highest BCUT2D eigenvalue weighted by molar-refractivity contribution is 4.67. The molecule has 0 unspecified atom stereocenters. The van der Waals surface area contributed by atoms with Gasteiger partial charge in [-0.3, -0.25) is 0 Å². The zero-order chi connectivity index (χ0) is 18.6. The Hall–Kier alpha value is -0.0400. The fourth-order valence-corrected chi connectivity index (χ4v) is 3.88. The van der Waals surface area contributed by atoms with Crippen molar-refractivity contribution in [1.82, 2.24) is 0 Å². The molecular formula is C24H50O. The summed E-state index contributed by atoms with van der Waals surface area (Å²) in [5.41, 5.74) is 0.581. The first kappa shape index (κ1) is 25.0. The average Bonchev–Trinajstić information content (AvgIpc) is 2.57. The summed E-state index contributed by atoms with van der Waals surface area (Å²) < 4.78 is 5.37. The smallest absolute Gasteiger partial charge is 0.0465 e. The molecule has 0 saturated carbocycles. The van der Waals surface area contributed by atoms with Gasteiger partial charge in [-0.2, -0.15) is 0 Å². The lowest BCUT2D eigenvalue weighted by Gasteiger charge is -2.23. The van der Waals surface area contributed by atoms with Gasteiger partial charge >= 0.3 is 0 Å². The van der Waals surface area contributed by atoms with Crippen molar-refractivity contribution in [3.05, 3.63) is 0 Å². The summed E-state index contributed by atoms with van der Waals surface area (Å²) in [6.07, 6.45) is 24.2. The molecule has 0 saturated heterocycles. The molecule has 0 aromatic rings. The van der Waals surface area contributed by atoms with Crippen LogP contribution in [0.3, 0.4) is 0 Å². The number of rotatable bonds is 20. The molecule has 0 aromatic carbocycles. The molecule has 0 aliphatic heterocycles. The number of hydrogen-bond donors (Lipinski definition) is 0. The van der Waals surface area contributed by atoms with Gasteiger partial charge in [0.15, 0.2) is 0 Å². The summed E-state index contributed by atoms with van der Waals surface area (Å²) in [7, 11) is 0. The molecular weight excluding hydrogens is 304 g/mol. The summed E-state index contributed by atoms with van der Waals surface area (Å²) >= 11 is 0. The first-order valence-corrected chi connectivity index (χ1v) is 11.7. The van der Waals surface area contributed by atoms with Gasteiger partial charge in [0.2, 0.25) is 0 Å². The lowest BCUT2D eigenvalue weighted by atomic mass is 9.83. The maximum Gasteiger partial charge on any atom is 0.0465 e. The third-order valence-corrected chi connectivity index (χ3v) is 5.52. The molecule has 0 aliphatic rings. The van der Waals surface area contributed by atoms with Crippen LogP contribution in [0.25, 0.3) is 0 Å². The van der Waals surface area contributed by atoms with E-state index >= 15 is 0 Å². The van der Waals surface area contributed by atoms with Crippen molar-refractivity contribution in [2.75, 3.05) is 13.2 Å². The predicted molar refractivity (Wildman–Crippen MR) is 114 cm³/mol. The molecule has 0 fully saturated rings. The Morgan fingerprint density at radius 3 is 1.32 bits per heavy atom. The van der Waals surface area contributed by atoms with Gasteiger partial charge in [-0.15, -0.1) is 0 Å². The first-order valence-electron chi connectivity index (χ1n) is 11.7. The van der Waals surface area contributed by atoms with Crippen molar-refractivity contribution < 1.29 is 4.74 Å². The third kappa shape index (κ3) is 20.1. The van der Waals surface area contributed by atoms with E-state index in [1.54, 1.807) is 0 Å².